The molecule has 0 bridgehead atoms. The topological polar surface area (TPSA) is 12.9 Å². The molecule has 0 amide bonds. The molecule has 5 heteroatoms. The van der Waals surface area contributed by atoms with Gasteiger partial charge in [-0.05, 0) is 60.5 Å². The van der Waals surface area contributed by atoms with Crippen molar-refractivity contribution >= 4 is 46.7 Å². The van der Waals surface area contributed by atoms with Gasteiger partial charge in [0.2, 0.25) is 0 Å². The predicted molar refractivity (Wildman–Crippen MR) is 105 cm³/mol. The molecule has 24 heavy (non-hydrogen) atoms. The fraction of sp³-hybridized carbons (Fsp3) is 0.105. The highest BCUT2D eigenvalue weighted by Gasteiger charge is 2.07. The minimum absolute atomic E-state index is 0.760. The Kier molecular flexibility index (Phi) is 6.50. The van der Waals surface area contributed by atoms with Crippen LogP contribution in [0.3, 0.4) is 0 Å². The molecule has 3 aromatic rings. The van der Waals surface area contributed by atoms with E-state index in [1.54, 1.807) is 18.0 Å². The summed E-state index contributed by atoms with van der Waals surface area (Å²) in [6, 6.07) is 20.8. The molecule has 0 spiro atoms. The quantitative estimate of drug-likeness (QED) is 0.435. The first-order valence-corrected chi connectivity index (χ1v) is 9.94. The number of pyridine rings is 1. The highest BCUT2D eigenvalue weighted by Crippen LogP contribution is 2.32. The van der Waals surface area contributed by atoms with Crippen molar-refractivity contribution in [1.82, 2.24) is 4.98 Å². The summed E-state index contributed by atoms with van der Waals surface area (Å²) in [7, 11) is 0. The molecule has 0 aliphatic rings. The molecule has 0 atom stereocenters. The third kappa shape index (κ3) is 5.18. The summed E-state index contributed by atoms with van der Waals surface area (Å²) >= 11 is 15.5. The van der Waals surface area contributed by atoms with Crippen LogP contribution in [0.4, 0.5) is 0 Å². The molecule has 0 fully saturated rings. The first-order chi connectivity index (χ1) is 11.7. The number of aryl methyl sites for hydroxylation is 1. The van der Waals surface area contributed by atoms with Gasteiger partial charge < -0.3 is 0 Å². The number of rotatable bonds is 6. The third-order valence-electron chi connectivity index (χ3n) is 3.26. The maximum Gasteiger partial charge on any atom is 0.109 e. The fourth-order valence-corrected chi connectivity index (χ4v) is 4.21. The Hall–Kier alpha value is -1.13. The van der Waals surface area contributed by atoms with Gasteiger partial charge in [-0.3, -0.25) is 0 Å². The van der Waals surface area contributed by atoms with Crippen LogP contribution in [0.2, 0.25) is 10.0 Å². The van der Waals surface area contributed by atoms with Crippen LogP contribution in [-0.4, -0.2) is 10.7 Å². The van der Waals surface area contributed by atoms with Crippen molar-refractivity contribution in [2.24, 2.45) is 0 Å². The second-order valence-corrected chi connectivity index (χ2v) is 8.07. The zero-order valence-corrected chi connectivity index (χ0v) is 15.9. The molecular weight excluding hydrogens is 377 g/mol. The molecule has 121 valence electrons. The predicted octanol–water partition coefficient (Wildman–Crippen LogP) is 6.67. The highest BCUT2D eigenvalue weighted by molar-refractivity contribution is 7.99. The summed E-state index contributed by atoms with van der Waals surface area (Å²) < 4.78 is 0. The van der Waals surface area contributed by atoms with Gasteiger partial charge in [0.1, 0.15) is 5.03 Å². The summed E-state index contributed by atoms with van der Waals surface area (Å²) in [5.41, 5.74) is 1.23. The van der Waals surface area contributed by atoms with Crippen LogP contribution in [0.25, 0.3) is 0 Å². The molecule has 0 saturated heterocycles. The summed E-state index contributed by atoms with van der Waals surface area (Å²) in [5.74, 6) is 0.974. The Morgan fingerprint density at radius 1 is 1.00 bits per heavy atom. The Balaban J connectivity index is 1.67. The Morgan fingerprint density at radius 2 is 1.79 bits per heavy atom. The maximum atomic E-state index is 6.18. The molecule has 0 N–H and O–H groups in total. The number of thioether (sulfide) groups is 1. The molecule has 0 aliphatic carbocycles. The van der Waals surface area contributed by atoms with Gasteiger partial charge in [0.05, 0.1) is 0 Å². The van der Waals surface area contributed by atoms with Gasteiger partial charge >= 0.3 is 0 Å². The van der Waals surface area contributed by atoms with E-state index in [1.165, 1.54) is 15.4 Å². The molecule has 0 aliphatic heterocycles. The van der Waals surface area contributed by atoms with E-state index in [2.05, 4.69) is 17.1 Å². The largest absolute Gasteiger partial charge is 0.249 e. The normalized spacial score (nSPS) is 10.8. The molecule has 0 unspecified atom stereocenters. The fourth-order valence-electron chi connectivity index (χ4n) is 2.12. The van der Waals surface area contributed by atoms with Crippen molar-refractivity contribution in [2.75, 3.05) is 5.75 Å². The third-order valence-corrected chi connectivity index (χ3v) is 5.80. The van der Waals surface area contributed by atoms with Crippen molar-refractivity contribution in [1.29, 1.82) is 0 Å². The van der Waals surface area contributed by atoms with E-state index in [1.807, 2.05) is 60.3 Å². The van der Waals surface area contributed by atoms with Crippen molar-refractivity contribution in [3.05, 3.63) is 82.5 Å². The summed E-state index contributed by atoms with van der Waals surface area (Å²) in [6.45, 7) is 0. The number of hydrogen-bond acceptors (Lipinski definition) is 3. The zero-order chi connectivity index (χ0) is 16.8. The van der Waals surface area contributed by atoms with Gasteiger partial charge in [-0.1, -0.05) is 41.0 Å². The average molecular weight is 391 g/mol. The van der Waals surface area contributed by atoms with Crippen LogP contribution < -0.4 is 0 Å². The molecule has 1 aromatic heterocycles. The number of nitrogens with zero attached hydrogens (tertiary/aromatic N) is 1. The van der Waals surface area contributed by atoms with Gasteiger partial charge in [-0.25, -0.2) is 4.98 Å². The Morgan fingerprint density at radius 3 is 2.54 bits per heavy atom. The summed E-state index contributed by atoms with van der Waals surface area (Å²) in [5, 5.41) is 2.39. The molecule has 3 rings (SSSR count). The van der Waals surface area contributed by atoms with Crippen molar-refractivity contribution in [3.8, 4) is 0 Å². The van der Waals surface area contributed by atoms with E-state index in [0.717, 1.165) is 27.2 Å². The highest BCUT2D eigenvalue weighted by atomic mass is 35.5. The number of aromatic nitrogens is 1. The molecule has 1 nitrogen and oxygen atoms in total. The van der Waals surface area contributed by atoms with Gasteiger partial charge in [-0.15, -0.1) is 11.8 Å². The van der Waals surface area contributed by atoms with Gasteiger partial charge in [0.15, 0.2) is 0 Å². The van der Waals surface area contributed by atoms with Gasteiger partial charge in [-0.2, -0.15) is 0 Å². The van der Waals surface area contributed by atoms with Crippen LogP contribution in [0, 0.1) is 6.07 Å². The van der Waals surface area contributed by atoms with Crippen LogP contribution in [-0.2, 0) is 6.42 Å². The van der Waals surface area contributed by atoms with Crippen molar-refractivity contribution in [2.45, 2.75) is 21.2 Å². The van der Waals surface area contributed by atoms with Gasteiger partial charge in [0, 0.05) is 37.9 Å². The Labute approximate surface area is 160 Å². The van der Waals surface area contributed by atoms with Crippen LogP contribution >= 0.6 is 46.7 Å². The van der Waals surface area contributed by atoms with E-state index in [-0.39, 0.29) is 0 Å². The van der Waals surface area contributed by atoms with E-state index >= 15 is 0 Å². The molecular formula is C19H14Cl2NS2. The number of benzene rings is 2. The minimum atomic E-state index is 0.760. The van der Waals surface area contributed by atoms with Crippen LogP contribution in [0.15, 0.2) is 75.6 Å². The number of hydrogen-bond donors (Lipinski definition) is 0. The first-order valence-electron chi connectivity index (χ1n) is 7.38. The average Bonchev–Trinajstić information content (AvgIpc) is 2.60. The van der Waals surface area contributed by atoms with E-state index < -0.39 is 0 Å². The smallest absolute Gasteiger partial charge is 0.109 e. The van der Waals surface area contributed by atoms with E-state index in [9.17, 15) is 0 Å². The van der Waals surface area contributed by atoms with Crippen LogP contribution in [0.5, 0.6) is 0 Å². The minimum Gasteiger partial charge on any atom is -0.249 e. The second kappa shape index (κ2) is 8.82. The molecule has 1 heterocycles. The van der Waals surface area contributed by atoms with Gasteiger partial charge in [0.25, 0.3) is 0 Å². The standard InChI is InChI=1S/C19H14Cl2NS2/c20-15-4-7-17(8-5-15)23-12-10-14-13-16(21)6-9-18(14)24-19-3-1-2-11-22-19/h1-2,4-9,11,13H,10,12H2. The van der Waals surface area contributed by atoms with Crippen molar-refractivity contribution < 1.29 is 0 Å². The molecule has 0 saturated carbocycles. The maximum absolute atomic E-state index is 6.18. The van der Waals surface area contributed by atoms with E-state index in [4.69, 9.17) is 23.2 Å². The Bertz CT molecular complexity index is 792. The van der Waals surface area contributed by atoms with Crippen LogP contribution in [0.1, 0.15) is 5.56 Å². The van der Waals surface area contributed by atoms with E-state index in [0.29, 0.717) is 0 Å². The monoisotopic (exact) mass is 390 g/mol. The zero-order valence-electron chi connectivity index (χ0n) is 12.7. The molecule has 1 radical (unpaired) electrons. The second-order valence-electron chi connectivity index (χ2n) is 4.99. The lowest BCUT2D eigenvalue weighted by Crippen LogP contribution is -1.92. The van der Waals surface area contributed by atoms with Crippen molar-refractivity contribution in [3.63, 3.8) is 0 Å². The molecule has 2 aromatic carbocycles. The SMILES string of the molecule is Clc1ccc(SCCc2cc(Cl)ccc2Sc2[c]cccn2)cc1. The summed E-state index contributed by atoms with van der Waals surface area (Å²) in [6.07, 6.45) is 2.72. The lowest BCUT2D eigenvalue weighted by molar-refractivity contribution is 1.08. The lowest BCUT2D eigenvalue weighted by Gasteiger charge is -2.09. The first kappa shape index (κ1) is 17.7. The number of halogens is 2. The lowest BCUT2D eigenvalue weighted by atomic mass is 10.2. The summed E-state index contributed by atoms with van der Waals surface area (Å²) in [4.78, 5) is 6.72.